The first-order chi connectivity index (χ1) is 7.06. The van der Waals surface area contributed by atoms with Crippen molar-refractivity contribution in [1.82, 2.24) is 9.55 Å². The monoisotopic (exact) mass is 221 g/mol. The van der Waals surface area contributed by atoms with Gasteiger partial charge in [-0.1, -0.05) is 0 Å². The van der Waals surface area contributed by atoms with E-state index in [1.54, 1.807) is 0 Å². The van der Waals surface area contributed by atoms with Gasteiger partial charge in [0.1, 0.15) is 0 Å². The smallest absolute Gasteiger partial charge is 0.200 e. The Morgan fingerprint density at radius 3 is 2.60 bits per heavy atom. The Kier molecular flexibility index (Phi) is 2.52. The quantitative estimate of drug-likeness (QED) is 0.846. The van der Waals surface area contributed by atoms with Gasteiger partial charge in [-0.25, -0.2) is 4.98 Å². The molecule has 0 amide bonds. The summed E-state index contributed by atoms with van der Waals surface area (Å²) in [6.45, 7) is 7.06. The Morgan fingerprint density at radius 2 is 2.13 bits per heavy atom. The number of aryl methyl sites for hydroxylation is 3. The molecule has 2 aromatic rings. The summed E-state index contributed by atoms with van der Waals surface area (Å²) in [5.41, 5.74) is 8.11. The third-order valence-corrected chi connectivity index (χ3v) is 3.61. The lowest BCUT2D eigenvalue weighted by molar-refractivity contribution is 0.823. The van der Waals surface area contributed by atoms with Gasteiger partial charge in [-0.05, 0) is 32.4 Å². The summed E-state index contributed by atoms with van der Waals surface area (Å²) < 4.78 is 1.99. The molecular weight excluding hydrogens is 206 g/mol. The van der Waals surface area contributed by atoms with Gasteiger partial charge >= 0.3 is 0 Å². The minimum absolute atomic E-state index is 0.594. The van der Waals surface area contributed by atoms with E-state index in [1.807, 2.05) is 29.0 Å². The number of hydrogen-bond donors (Lipinski definition) is 1. The van der Waals surface area contributed by atoms with Crippen LogP contribution in [0.25, 0.3) is 0 Å². The minimum Gasteiger partial charge on any atom is -0.369 e. The van der Waals surface area contributed by atoms with E-state index in [2.05, 4.69) is 24.9 Å². The van der Waals surface area contributed by atoms with Gasteiger partial charge in [-0.2, -0.15) is 0 Å². The molecule has 3 nitrogen and oxygen atoms in total. The van der Waals surface area contributed by atoms with Crippen molar-refractivity contribution >= 4 is 17.3 Å². The molecule has 0 fully saturated rings. The lowest BCUT2D eigenvalue weighted by Gasteiger charge is -2.00. The molecule has 2 aromatic heterocycles. The molecule has 2 heterocycles. The molecule has 80 valence electrons. The molecule has 15 heavy (non-hydrogen) atoms. The summed E-state index contributed by atoms with van der Waals surface area (Å²) in [6, 6.07) is 2.22. The molecule has 0 atom stereocenters. The highest BCUT2D eigenvalue weighted by Gasteiger charge is 2.05. The zero-order valence-corrected chi connectivity index (χ0v) is 10.1. The number of nitrogens with zero attached hydrogens (tertiary/aromatic N) is 2. The lowest BCUT2D eigenvalue weighted by Crippen LogP contribution is -2.02. The second kappa shape index (κ2) is 3.70. The predicted molar refractivity (Wildman–Crippen MR) is 64.3 cm³/mol. The molecular formula is C11H15N3S. The van der Waals surface area contributed by atoms with Crippen LogP contribution >= 0.6 is 11.3 Å². The Hall–Kier alpha value is -1.29. The molecule has 0 saturated carbocycles. The Morgan fingerprint density at radius 1 is 1.40 bits per heavy atom. The molecule has 0 aliphatic carbocycles. The van der Waals surface area contributed by atoms with Crippen molar-refractivity contribution in [1.29, 1.82) is 0 Å². The van der Waals surface area contributed by atoms with E-state index in [0.717, 1.165) is 12.2 Å². The average molecular weight is 221 g/mol. The van der Waals surface area contributed by atoms with E-state index in [0.29, 0.717) is 5.95 Å². The van der Waals surface area contributed by atoms with Crippen LogP contribution in [0.4, 0.5) is 5.95 Å². The van der Waals surface area contributed by atoms with Crippen molar-refractivity contribution < 1.29 is 0 Å². The number of nitrogens with two attached hydrogens (primary N) is 1. The third-order valence-electron chi connectivity index (χ3n) is 2.47. The minimum atomic E-state index is 0.594. The SMILES string of the molecule is Cc1cn(Cc2cc(C)c(C)s2)c(N)n1. The van der Waals surface area contributed by atoms with Gasteiger partial charge in [-0.3, -0.25) is 0 Å². The van der Waals surface area contributed by atoms with Crippen molar-refractivity contribution in [3.8, 4) is 0 Å². The summed E-state index contributed by atoms with van der Waals surface area (Å²) in [4.78, 5) is 6.89. The topological polar surface area (TPSA) is 43.8 Å². The van der Waals surface area contributed by atoms with Crippen molar-refractivity contribution in [3.05, 3.63) is 33.3 Å². The Labute approximate surface area is 93.6 Å². The van der Waals surface area contributed by atoms with E-state index < -0.39 is 0 Å². The van der Waals surface area contributed by atoms with Gasteiger partial charge in [0.25, 0.3) is 0 Å². The van der Waals surface area contributed by atoms with Crippen molar-refractivity contribution in [2.24, 2.45) is 0 Å². The first kappa shape index (κ1) is 10.2. The largest absolute Gasteiger partial charge is 0.369 e. The van der Waals surface area contributed by atoms with Crippen LogP contribution in [0.15, 0.2) is 12.3 Å². The van der Waals surface area contributed by atoms with E-state index in [9.17, 15) is 0 Å². The van der Waals surface area contributed by atoms with Crippen LogP contribution in [0.1, 0.15) is 21.0 Å². The van der Waals surface area contributed by atoms with Gasteiger partial charge in [-0.15, -0.1) is 11.3 Å². The highest BCUT2D eigenvalue weighted by Crippen LogP contribution is 2.22. The number of nitrogen functional groups attached to an aromatic ring is 1. The first-order valence-electron chi connectivity index (χ1n) is 4.91. The van der Waals surface area contributed by atoms with Gasteiger partial charge in [0.2, 0.25) is 5.95 Å². The molecule has 0 aliphatic heterocycles. The summed E-state index contributed by atoms with van der Waals surface area (Å²) in [5.74, 6) is 0.594. The summed E-state index contributed by atoms with van der Waals surface area (Å²) in [7, 11) is 0. The molecule has 0 bridgehead atoms. The number of thiophene rings is 1. The normalized spacial score (nSPS) is 10.9. The standard InChI is InChI=1S/C11H15N3S/c1-7-4-10(15-9(7)3)6-14-5-8(2)13-11(14)12/h4-5H,6H2,1-3H3,(H2,12,13). The fraction of sp³-hybridized carbons (Fsp3) is 0.364. The van der Waals surface area contributed by atoms with Crippen molar-refractivity contribution in [2.45, 2.75) is 27.3 Å². The van der Waals surface area contributed by atoms with Gasteiger partial charge < -0.3 is 10.3 Å². The van der Waals surface area contributed by atoms with E-state index in [4.69, 9.17) is 5.73 Å². The van der Waals surface area contributed by atoms with Crippen LogP contribution < -0.4 is 5.73 Å². The average Bonchev–Trinajstić information content (AvgIpc) is 2.59. The van der Waals surface area contributed by atoms with Crippen LogP contribution in [0.5, 0.6) is 0 Å². The summed E-state index contributed by atoms with van der Waals surface area (Å²) >= 11 is 1.82. The van der Waals surface area contributed by atoms with Crippen molar-refractivity contribution in [2.75, 3.05) is 5.73 Å². The number of anilines is 1. The molecule has 2 rings (SSSR count). The Balaban J connectivity index is 2.25. The molecule has 0 unspecified atom stereocenters. The lowest BCUT2D eigenvalue weighted by atomic mass is 10.3. The third kappa shape index (κ3) is 2.04. The molecule has 0 radical (unpaired) electrons. The second-order valence-corrected chi connectivity index (χ2v) is 5.16. The van der Waals surface area contributed by atoms with Crippen LogP contribution in [0.2, 0.25) is 0 Å². The second-order valence-electron chi connectivity index (χ2n) is 3.82. The highest BCUT2D eigenvalue weighted by atomic mass is 32.1. The number of imidazole rings is 1. The molecule has 4 heteroatoms. The van der Waals surface area contributed by atoms with Gasteiger partial charge in [0, 0.05) is 16.0 Å². The predicted octanol–water partition coefficient (Wildman–Crippen LogP) is 2.50. The highest BCUT2D eigenvalue weighted by molar-refractivity contribution is 7.12. The molecule has 0 spiro atoms. The van der Waals surface area contributed by atoms with Crippen LogP contribution in [0, 0.1) is 20.8 Å². The summed E-state index contributed by atoms with van der Waals surface area (Å²) in [5, 5.41) is 0. The van der Waals surface area contributed by atoms with E-state index in [1.165, 1.54) is 15.3 Å². The maximum absolute atomic E-state index is 5.79. The maximum atomic E-state index is 5.79. The first-order valence-corrected chi connectivity index (χ1v) is 5.73. The van der Waals surface area contributed by atoms with Gasteiger partial charge in [0.05, 0.1) is 12.2 Å². The zero-order chi connectivity index (χ0) is 11.0. The number of hydrogen-bond acceptors (Lipinski definition) is 3. The number of aromatic nitrogens is 2. The number of rotatable bonds is 2. The van der Waals surface area contributed by atoms with Crippen LogP contribution in [-0.4, -0.2) is 9.55 Å². The van der Waals surface area contributed by atoms with E-state index >= 15 is 0 Å². The Bertz CT molecular complexity index is 462. The fourth-order valence-corrected chi connectivity index (χ4v) is 2.64. The maximum Gasteiger partial charge on any atom is 0.200 e. The van der Waals surface area contributed by atoms with Gasteiger partial charge in [0.15, 0.2) is 0 Å². The molecule has 2 N–H and O–H groups in total. The van der Waals surface area contributed by atoms with Crippen LogP contribution in [-0.2, 0) is 6.54 Å². The fourth-order valence-electron chi connectivity index (χ4n) is 1.59. The summed E-state index contributed by atoms with van der Waals surface area (Å²) in [6.07, 6.45) is 1.99. The zero-order valence-electron chi connectivity index (χ0n) is 9.24. The molecule has 0 aromatic carbocycles. The van der Waals surface area contributed by atoms with E-state index in [-0.39, 0.29) is 0 Å². The van der Waals surface area contributed by atoms with Crippen LogP contribution in [0.3, 0.4) is 0 Å². The molecule has 0 aliphatic rings. The molecule has 0 saturated heterocycles. The van der Waals surface area contributed by atoms with Crippen molar-refractivity contribution in [3.63, 3.8) is 0 Å².